The third kappa shape index (κ3) is 4.18. The maximum atomic E-state index is 12.8. The molecule has 1 spiro atoms. The van der Waals surface area contributed by atoms with Crippen LogP contribution in [-0.2, 0) is 9.53 Å². The highest BCUT2D eigenvalue weighted by Gasteiger charge is 2.53. The highest BCUT2D eigenvalue weighted by atomic mass is 16.6. The molecule has 5 heteroatoms. The first-order valence-corrected chi connectivity index (χ1v) is 10.4. The van der Waals surface area contributed by atoms with Gasteiger partial charge in [0.1, 0.15) is 6.61 Å². The highest BCUT2D eigenvalue weighted by Crippen LogP contribution is 2.43. The van der Waals surface area contributed by atoms with Gasteiger partial charge in [0, 0.05) is 19.0 Å². The van der Waals surface area contributed by atoms with E-state index in [-0.39, 0.29) is 23.5 Å². The molecule has 0 bridgehead atoms. The van der Waals surface area contributed by atoms with E-state index < -0.39 is 0 Å². The number of carbonyl (C=O) groups is 2. The fraction of sp³-hybridized carbons (Fsp3) is 0.652. The van der Waals surface area contributed by atoms with Gasteiger partial charge >= 0.3 is 6.09 Å². The zero-order valence-electron chi connectivity index (χ0n) is 17.9. The molecule has 2 amide bonds. The van der Waals surface area contributed by atoms with E-state index in [1.807, 2.05) is 11.9 Å². The lowest BCUT2D eigenvalue weighted by Crippen LogP contribution is -2.59. The van der Waals surface area contributed by atoms with Gasteiger partial charge in [-0.1, -0.05) is 49.3 Å². The Morgan fingerprint density at radius 1 is 1.25 bits per heavy atom. The summed E-state index contributed by atoms with van der Waals surface area (Å²) in [6.07, 6.45) is 7.40. The molecule has 1 heterocycles. The van der Waals surface area contributed by atoms with Crippen LogP contribution in [0.2, 0.25) is 0 Å². The summed E-state index contributed by atoms with van der Waals surface area (Å²) in [5, 5.41) is 2.85. The van der Waals surface area contributed by atoms with Crippen LogP contribution in [-0.4, -0.2) is 42.1 Å². The van der Waals surface area contributed by atoms with Crippen LogP contribution in [0.25, 0.3) is 0 Å². The van der Waals surface area contributed by atoms with E-state index in [4.69, 9.17) is 4.74 Å². The summed E-state index contributed by atoms with van der Waals surface area (Å²) in [5.74, 6) is 1.21. The van der Waals surface area contributed by atoms with E-state index in [2.05, 4.69) is 51.7 Å². The fourth-order valence-corrected chi connectivity index (χ4v) is 4.42. The molecule has 28 heavy (non-hydrogen) atoms. The Morgan fingerprint density at radius 2 is 1.89 bits per heavy atom. The van der Waals surface area contributed by atoms with Crippen LogP contribution in [0.1, 0.15) is 53.4 Å². The number of ether oxygens (including phenoxy) is 1. The van der Waals surface area contributed by atoms with Gasteiger partial charge in [-0.15, -0.1) is 0 Å². The lowest BCUT2D eigenvalue weighted by atomic mass is 9.67. The van der Waals surface area contributed by atoms with Gasteiger partial charge in [-0.2, -0.15) is 0 Å². The number of rotatable bonds is 6. The third-order valence-corrected chi connectivity index (χ3v) is 6.78. The van der Waals surface area contributed by atoms with Crippen LogP contribution in [0.4, 0.5) is 4.79 Å². The number of alkyl carbamates (subject to hydrolysis) is 1. The molecular weight excluding hydrogens is 352 g/mol. The molecule has 0 radical (unpaired) electrons. The predicted molar refractivity (Wildman–Crippen MR) is 111 cm³/mol. The van der Waals surface area contributed by atoms with Crippen LogP contribution in [0.5, 0.6) is 0 Å². The van der Waals surface area contributed by atoms with Crippen LogP contribution >= 0.6 is 0 Å². The van der Waals surface area contributed by atoms with Gasteiger partial charge in [0.15, 0.2) is 0 Å². The van der Waals surface area contributed by atoms with Gasteiger partial charge in [0.2, 0.25) is 5.91 Å². The van der Waals surface area contributed by atoms with Gasteiger partial charge in [0.05, 0.1) is 5.54 Å². The summed E-state index contributed by atoms with van der Waals surface area (Å²) >= 11 is 0. The molecule has 1 N–H and O–H groups in total. The summed E-state index contributed by atoms with van der Waals surface area (Å²) in [6.45, 7) is 13.3. The highest BCUT2D eigenvalue weighted by molar-refractivity contribution is 5.81. The van der Waals surface area contributed by atoms with Crippen molar-refractivity contribution in [1.82, 2.24) is 10.2 Å². The van der Waals surface area contributed by atoms with Crippen molar-refractivity contribution >= 4 is 12.0 Å². The summed E-state index contributed by atoms with van der Waals surface area (Å²) in [5.41, 5.74) is 3.49. The average Bonchev–Trinajstić information content (AvgIpc) is 2.93. The molecule has 1 aliphatic heterocycles. The Balaban J connectivity index is 1.45. The van der Waals surface area contributed by atoms with E-state index in [0.29, 0.717) is 37.3 Å². The maximum Gasteiger partial charge on any atom is 0.407 e. The smallest absolute Gasteiger partial charge is 0.407 e. The topological polar surface area (TPSA) is 58.6 Å². The molecule has 2 aliphatic carbocycles. The van der Waals surface area contributed by atoms with Gasteiger partial charge in [-0.3, -0.25) is 4.79 Å². The molecule has 154 valence electrons. The van der Waals surface area contributed by atoms with E-state index in [1.54, 1.807) is 0 Å². The molecule has 3 rings (SSSR count). The van der Waals surface area contributed by atoms with Crippen molar-refractivity contribution < 1.29 is 14.3 Å². The van der Waals surface area contributed by atoms with E-state index in [9.17, 15) is 9.59 Å². The van der Waals surface area contributed by atoms with E-state index >= 15 is 0 Å². The van der Waals surface area contributed by atoms with E-state index in [0.717, 1.165) is 18.4 Å². The largest absolute Gasteiger partial charge is 0.447 e. The van der Waals surface area contributed by atoms with Crippen molar-refractivity contribution in [1.29, 1.82) is 0 Å². The summed E-state index contributed by atoms with van der Waals surface area (Å²) < 4.78 is 4.99. The standard InChI is InChI=1S/C23H34N2O3/c1-14(2)16(4)7-15(3)8-17(5)18-9-20(10-18)25(6)21(26)19-11-23(12-19)13-28-22(27)24-23/h7-8,14,18-20H,5,9-13H2,1-4,6H3,(H,24,27)/b15-8-,16-7+/t18-,19-,20+,23+. The molecule has 2 saturated carbocycles. The molecular formula is C23H34N2O3. The first-order chi connectivity index (χ1) is 13.1. The molecule has 3 aliphatic rings. The minimum atomic E-state index is -0.360. The van der Waals surface area contributed by atoms with Crippen molar-refractivity contribution in [3.8, 4) is 0 Å². The lowest BCUT2D eigenvalue weighted by molar-refractivity contribution is -0.144. The normalized spacial score (nSPS) is 32.5. The second kappa shape index (κ2) is 7.76. The number of amides is 2. The predicted octanol–water partition coefficient (Wildman–Crippen LogP) is 4.22. The first-order valence-electron chi connectivity index (χ1n) is 10.4. The number of hydrogen-bond donors (Lipinski definition) is 1. The first kappa shape index (κ1) is 20.7. The Morgan fingerprint density at radius 3 is 2.43 bits per heavy atom. The number of cyclic esters (lactones) is 1. The van der Waals surface area contributed by atoms with Gasteiger partial charge in [-0.25, -0.2) is 4.79 Å². The fourth-order valence-electron chi connectivity index (χ4n) is 4.42. The summed E-state index contributed by atoms with van der Waals surface area (Å²) in [6, 6.07) is 0.293. The zero-order valence-corrected chi connectivity index (χ0v) is 17.9. The SMILES string of the molecule is C=C(/C=C(C)\C=C(/C)C(C)C)[C@H]1C[C@@H](N(C)C(=O)[C@H]2C[C@]3(COC(=O)N3)C2)C1. The molecule has 0 aromatic rings. The monoisotopic (exact) mass is 386 g/mol. The Kier molecular flexibility index (Phi) is 5.74. The number of hydrogen-bond acceptors (Lipinski definition) is 3. The Bertz CT molecular complexity index is 722. The van der Waals surface area contributed by atoms with Crippen molar-refractivity contribution in [2.75, 3.05) is 13.7 Å². The second-order valence-electron chi connectivity index (χ2n) is 9.36. The summed E-state index contributed by atoms with van der Waals surface area (Å²) in [7, 11) is 1.91. The van der Waals surface area contributed by atoms with Crippen LogP contribution in [0.15, 0.2) is 35.5 Å². The lowest BCUT2D eigenvalue weighted by Gasteiger charge is -2.47. The Hall–Kier alpha value is -2.04. The minimum Gasteiger partial charge on any atom is -0.447 e. The van der Waals surface area contributed by atoms with Gasteiger partial charge in [0.25, 0.3) is 0 Å². The van der Waals surface area contributed by atoms with Gasteiger partial charge < -0.3 is 15.0 Å². The minimum absolute atomic E-state index is 0.000498. The molecule has 5 nitrogen and oxygen atoms in total. The van der Waals surface area contributed by atoms with Crippen molar-refractivity contribution in [3.63, 3.8) is 0 Å². The Labute approximate surface area is 168 Å². The number of nitrogens with zero attached hydrogens (tertiary/aromatic N) is 1. The van der Waals surface area contributed by atoms with Crippen LogP contribution in [0, 0.1) is 17.8 Å². The van der Waals surface area contributed by atoms with E-state index in [1.165, 1.54) is 11.1 Å². The van der Waals surface area contributed by atoms with Crippen molar-refractivity contribution in [2.24, 2.45) is 17.8 Å². The average molecular weight is 387 g/mol. The third-order valence-electron chi connectivity index (χ3n) is 6.78. The maximum absolute atomic E-state index is 12.8. The number of nitrogens with one attached hydrogen (secondary N) is 1. The van der Waals surface area contributed by atoms with Gasteiger partial charge in [-0.05, 0) is 51.4 Å². The molecule has 3 fully saturated rings. The number of carbonyl (C=O) groups excluding carboxylic acids is 2. The molecule has 0 aromatic carbocycles. The molecule has 0 atom stereocenters. The molecule has 1 saturated heterocycles. The zero-order chi connectivity index (χ0) is 20.6. The summed E-state index contributed by atoms with van der Waals surface area (Å²) in [4.78, 5) is 25.9. The quantitative estimate of drug-likeness (QED) is 0.696. The molecule has 0 aromatic heterocycles. The molecule has 0 unspecified atom stereocenters. The number of allylic oxidation sites excluding steroid dienone is 5. The van der Waals surface area contributed by atoms with Crippen molar-refractivity contribution in [3.05, 3.63) is 35.5 Å². The van der Waals surface area contributed by atoms with Crippen molar-refractivity contribution in [2.45, 2.75) is 65.0 Å². The van der Waals surface area contributed by atoms with Crippen LogP contribution in [0.3, 0.4) is 0 Å². The van der Waals surface area contributed by atoms with Crippen LogP contribution < -0.4 is 5.32 Å². The second-order valence-corrected chi connectivity index (χ2v) is 9.36.